The second-order valence-electron chi connectivity index (χ2n) is 2.04. The molecule has 0 rings (SSSR count). The molecule has 0 spiro atoms. The van der Waals surface area contributed by atoms with Gasteiger partial charge < -0.3 is 4.74 Å². The molecule has 0 aliphatic rings. The third kappa shape index (κ3) is 5.58. The van der Waals surface area contributed by atoms with Crippen LogP contribution in [0.4, 0.5) is 0 Å². The first-order chi connectivity index (χ1) is 5.20. The minimum absolute atomic E-state index is 0.138. The monoisotopic (exact) mass is 156 g/mol. The van der Waals surface area contributed by atoms with E-state index in [0.29, 0.717) is 6.42 Å². The van der Waals surface area contributed by atoms with Crippen LogP contribution < -0.4 is 0 Å². The minimum Gasteiger partial charge on any atom is -0.465 e. The van der Waals surface area contributed by atoms with E-state index in [-0.39, 0.29) is 25.2 Å². The average Bonchev–Trinajstić information content (AvgIpc) is 2.00. The van der Waals surface area contributed by atoms with Gasteiger partial charge in [-0.25, -0.2) is 0 Å². The number of hydrogen-bond acceptors (Lipinski definition) is 3. The Labute approximate surface area is 66.7 Å². The van der Waals surface area contributed by atoms with Gasteiger partial charge in [-0.1, -0.05) is 0 Å². The van der Waals surface area contributed by atoms with Crippen LogP contribution in [0.25, 0.3) is 0 Å². The molecule has 0 saturated carbocycles. The lowest BCUT2D eigenvalue weighted by atomic mass is 10.2. The molecular weight excluding hydrogens is 144 g/mol. The first-order valence-corrected chi connectivity index (χ1v) is 3.46. The molecule has 0 aliphatic carbocycles. The zero-order chi connectivity index (χ0) is 8.69. The van der Waals surface area contributed by atoms with Gasteiger partial charge in [-0.05, 0) is 20.3 Å². The van der Waals surface area contributed by atoms with Crippen LogP contribution >= 0.6 is 0 Å². The second kappa shape index (κ2) is 5.89. The molecule has 0 N–H and O–H groups in total. The van der Waals surface area contributed by atoms with E-state index in [9.17, 15) is 9.59 Å². The first kappa shape index (κ1) is 10.1. The van der Waals surface area contributed by atoms with Crippen molar-refractivity contribution in [2.45, 2.75) is 19.3 Å². The molecule has 0 atom stereocenters. The molecule has 62 valence electrons. The van der Waals surface area contributed by atoms with Crippen molar-refractivity contribution >= 4 is 11.8 Å². The van der Waals surface area contributed by atoms with E-state index in [0.717, 1.165) is 0 Å². The number of carbonyl (C=O) groups excluding carboxylic acids is 2. The maximum Gasteiger partial charge on any atom is 0.313 e. The van der Waals surface area contributed by atoms with Gasteiger partial charge in [0.1, 0.15) is 12.2 Å². The highest BCUT2D eigenvalue weighted by molar-refractivity contribution is 5.95. The summed E-state index contributed by atoms with van der Waals surface area (Å²) in [7, 11) is 0. The van der Waals surface area contributed by atoms with Crippen LogP contribution in [0, 0.1) is 13.8 Å². The topological polar surface area (TPSA) is 43.4 Å². The van der Waals surface area contributed by atoms with Gasteiger partial charge in [0.05, 0.1) is 6.61 Å². The molecular formula is C8H12O3. The summed E-state index contributed by atoms with van der Waals surface area (Å²) in [4.78, 5) is 21.3. The Bertz CT molecular complexity index is 140. The number of Topliss-reactive ketones (excluding diaryl/α,β-unsaturated/α-hetero) is 1. The van der Waals surface area contributed by atoms with Crippen molar-refractivity contribution in [3.05, 3.63) is 13.8 Å². The summed E-state index contributed by atoms with van der Waals surface area (Å²) >= 11 is 0. The number of rotatable bonds is 5. The zero-order valence-electron chi connectivity index (χ0n) is 6.47. The molecule has 0 bridgehead atoms. The van der Waals surface area contributed by atoms with Gasteiger partial charge >= 0.3 is 5.97 Å². The Morgan fingerprint density at radius 2 is 1.91 bits per heavy atom. The number of ketones is 1. The van der Waals surface area contributed by atoms with E-state index >= 15 is 0 Å². The van der Waals surface area contributed by atoms with Crippen molar-refractivity contribution in [2.75, 3.05) is 6.61 Å². The Morgan fingerprint density at radius 1 is 1.27 bits per heavy atom. The molecule has 0 unspecified atom stereocenters. The lowest BCUT2D eigenvalue weighted by Gasteiger charge is -2.00. The van der Waals surface area contributed by atoms with Crippen molar-refractivity contribution < 1.29 is 14.3 Å². The molecule has 3 heteroatoms. The largest absolute Gasteiger partial charge is 0.465 e. The predicted molar refractivity (Wildman–Crippen MR) is 40.5 cm³/mol. The molecule has 0 heterocycles. The van der Waals surface area contributed by atoms with E-state index in [1.54, 1.807) is 0 Å². The summed E-state index contributed by atoms with van der Waals surface area (Å²) in [6, 6.07) is 0. The SMILES string of the molecule is [CH2]CCOC(=O)CC(=O)C[CH2]. The van der Waals surface area contributed by atoms with E-state index in [1.165, 1.54) is 0 Å². The number of hydrogen-bond donors (Lipinski definition) is 0. The minimum atomic E-state index is -0.484. The maximum atomic E-state index is 10.7. The molecule has 0 saturated heterocycles. The number of carbonyl (C=O) groups is 2. The summed E-state index contributed by atoms with van der Waals surface area (Å²) in [5.74, 6) is -0.679. The average molecular weight is 156 g/mol. The van der Waals surface area contributed by atoms with E-state index in [2.05, 4.69) is 18.6 Å². The smallest absolute Gasteiger partial charge is 0.313 e. The highest BCUT2D eigenvalue weighted by atomic mass is 16.5. The highest BCUT2D eigenvalue weighted by Crippen LogP contribution is 1.92. The molecule has 0 aliphatic heterocycles. The third-order valence-corrected chi connectivity index (χ3v) is 1.03. The van der Waals surface area contributed by atoms with Crippen LogP contribution in [-0.2, 0) is 14.3 Å². The lowest BCUT2D eigenvalue weighted by Crippen LogP contribution is -2.10. The van der Waals surface area contributed by atoms with Crippen molar-refractivity contribution in [3.8, 4) is 0 Å². The fraction of sp³-hybridized carbons (Fsp3) is 0.500. The molecule has 0 aromatic carbocycles. The molecule has 0 fully saturated rings. The van der Waals surface area contributed by atoms with Crippen molar-refractivity contribution in [2.24, 2.45) is 0 Å². The first-order valence-electron chi connectivity index (χ1n) is 3.46. The standard InChI is InChI=1S/C8H12O3/c1-3-5-11-8(10)6-7(9)4-2/h1-6H2. The van der Waals surface area contributed by atoms with E-state index in [4.69, 9.17) is 0 Å². The Morgan fingerprint density at radius 3 is 2.36 bits per heavy atom. The van der Waals surface area contributed by atoms with Crippen LogP contribution in [-0.4, -0.2) is 18.4 Å². The van der Waals surface area contributed by atoms with Gasteiger partial charge in [-0.3, -0.25) is 9.59 Å². The number of ether oxygens (including phenoxy) is 1. The Hall–Kier alpha value is -0.860. The lowest BCUT2D eigenvalue weighted by molar-refractivity contribution is -0.145. The van der Waals surface area contributed by atoms with E-state index < -0.39 is 5.97 Å². The fourth-order valence-corrected chi connectivity index (χ4v) is 0.486. The van der Waals surface area contributed by atoms with Gasteiger partial charge in [0.25, 0.3) is 0 Å². The zero-order valence-corrected chi connectivity index (χ0v) is 6.47. The summed E-state index contributed by atoms with van der Waals surface area (Å²) in [6.45, 7) is 7.11. The fourth-order valence-electron chi connectivity index (χ4n) is 0.486. The molecule has 2 radical (unpaired) electrons. The van der Waals surface area contributed by atoms with Crippen LogP contribution in [0.15, 0.2) is 0 Å². The van der Waals surface area contributed by atoms with Gasteiger partial charge in [0.15, 0.2) is 0 Å². The van der Waals surface area contributed by atoms with Crippen LogP contribution in [0.3, 0.4) is 0 Å². The van der Waals surface area contributed by atoms with Crippen molar-refractivity contribution in [1.29, 1.82) is 0 Å². The van der Waals surface area contributed by atoms with Gasteiger partial charge in [0.2, 0.25) is 0 Å². The maximum absolute atomic E-state index is 10.7. The molecule has 0 aromatic rings. The molecule has 0 aromatic heterocycles. The van der Waals surface area contributed by atoms with Gasteiger partial charge in [-0.15, -0.1) is 0 Å². The summed E-state index contributed by atoms with van der Waals surface area (Å²) < 4.78 is 4.61. The second-order valence-corrected chi connectivity index (χ2v) is 2.04. The van der Waals surface area contributed by atoms with Gasteiger partial charge in [-0.2, -0.15) is 0 Å². The normalized spacial score (nSPS) is 9.27. The Balaban J connectivity index is 3.44. The van der Waals surface area contributed by atoms with Gasteiger partial charge in [0, 0.05) is 6.42 Å². The van der Waals surface area contributed by atoms with Crippen molar-refractivity contribution in [1.82, 2.24) is 0 Å². The Kier molecular flexibility index (Phi) is 5.43. The van der Waals surface area contributed by atoms with Crippen LogP contribution in [0.2, 0.25) is 0 Å². The van der Waals surface area contributed by atoms with Crippen molar-refractivity contribution in [3.63, 3.8) is 0 Å². The third-order valence-electron chi connectivity index (χ3n) is 1.03. The molecule has 11 heavy (non-hydrogen) atoms. The summed E-state index contributed by atoms with van der Waals surface area (Å²) in [6.07, 6.45) is 0.507. The quantitative estimate of drug-likeness (QED) is 0.439. The summed E-state index contributed by atoms with van der Waals surface area (Å²) in [5, 5.41) is 0. The van der Waals surface area contributed by atoms with E-state index in [1.807, 2.05) is 0 Å². The summed E-state index contributed by atoms with van der Waals surface area (Å²) in [5.41, 5.74) is 0. The highest BCUT2D eigenvalue weighted by Gasteiger charge is 2.07. The van der Waals surface area contributed by atoms with Crippen LogP contribution in [0.5, 0.6) is 0 Å². The number of esters is 1. The molecule has 0 amide bonds. The molecule has 3 nitrogen and oxygen atoms in total. The predicted octanol–water partition coefficient (Wildman–Crippen LogP) is 0.937. The van der Waals surface area contributed by atoms with Crippen LogP contribution in [0.1, 0.15) is 19.3 Å².